The molecule has 112 valence electrons. The van der Waals surface area contributed by atoms with Crippen molar-refractivity contribution in [3.05, 3.63) is 38.4 Å². The van der Waals surface area contributed by atoms with Gasteiger partial charge in [-0.3, -0.25) is 20.2 Å². The first-order valence-corrected chi connectivity index (χ1v) is 6.20. The maximum absolute atomic E-state index is 11.4. The highest BCUT2D eigenvalue weighted by atomic mass is 16.6. The Morgan fingerprint density at radius 2 is 1.95 bits per heavy atom. The predicted octanol–water partition coefficient (Wildman–Crippen LogP) is 2.17. The topological polar surface area (TPSA) is 136 Å². The first kappa shape index (κ1) is 14.7. The zero-order valence-electron chi connectivity index (χ0n) is 11.1. The van der Waals surface area contributed by atoms with Crippen molar-refractivity contribution in [2.24, 2.45) is 5.92 Å². The van der Waals surface area contributed by atoms with Crippen molar-refractivity contribution in [1.29, 1.82) is 0 Å². The van der Waals surface area contributed by atoms with Crippen LogP contribution < -0.4 is 5.32 Å². The minimum atomic E-state index is -1.33. The number of nitrogens with one attached hydrogen (secondary N) is 1. The Morgan fingerprint density at radius 1 is 1.33 bits per heavy atom. The molecule has 1 aromatic rings. The predicted molar refractivity (Wildman–Crippen MR) is 72.1 cm³/mol. The van der Waals surface area contributed by atoms with Crippen molar-refractivity contribution < 1.29 is 19.7 Å². The van der Waals surface area contributed by atoms with E-state index >= 15 is 0 Å². The number of carboxylic acids is 1. The van der Waals surface area contributed by atoms with Gasteiger partial charge in [0.15, 0.2) is 0 Å². The number of carboxylic acid groups (broad SMARTS) is 1. The Balaban J connectivity index is 2.41. The summed E-state index contributed by atoms with van der Waals surface area (Å²) in [5.74, 6) is -1.23. The van der Waals surface area contributed by atoms with E-state index in [9.17, 15) is 30.1 Å². The summed E-state index contributed by atoms with van der Waals surface area (Å²) >= 11 is 0. The van der Waals surface area contributed by atoms with Crippen LogP contribution in [-0.4, -0.2) is 26.5 Å². The van der Waals surface area contributed by atoms with Crippen molar-refractivity contribution in [1.82, 2.24) is 0 Å². The van der Waals surface area contributed by atoms with Crippen LogP contribution in [0.15, 0.2) is 18.2 Å². The summed E-state index contributed by atoms with van der Waals surface area (Å²) < 4.78 is 0. The van der Waals surface area contributed by atoms with E-state index in [0.29, 0.717) is 0 Å². The van der Waals surface area contributed by atoms with Crippen LogP contribution >= 0.6 is 0 Å². The molecule has 9 nitrogen and oxygen atoms in total. The molecule has 1 fully saturated rings. The van der Waals surface area contributed by atoms with Crippen molar-refractivity contribution in [3.8, 4) is 0 Å². The third kappa shape index (κ3) is 2.76. The number of hydrogen-bond donors (Lipinski definition) is 2. The molecular weight excluding hydrogens is 282 g/mol. The summed E-state index contributed by atoms with van der Waals surface area (Å²) in [4.78, 5) is 31.6. The van der Waals surface area contributed by atoms with Gasteiger partial charge in [0.05, 0.1) is 15.9 Å². The number of carbonyl (C=O) groups is 1. The highest BCUT2D eigenvalue weighted by molar-refractivity contribution is 5.84. The van der Waals surface area contributed by atoms with E-state index in [1.165, 1.54) is 13.0 Å². The summed E-state index contributed by atoms with van der Waals surface area (Å²) in [5, 5.41) is 33.7. The van der Waals surface area contributed by atoms with Crippen LogP contribution in [0.5, 0.6) is 0 Å². The van der Waals surface area contributed by atoms with E-state index in [-0.39, 0.29) is 11.6 Å². The van der Waals surface area contributed by atoms with Crippen molar-refractivity contribution in [2.45, 2.75) is 25.3 Å². The Kier molecular flexibility index (Phi) is 3.50. The number of nitro groups is 2. The molecular formula is C12H13N3O6. The molecule has 2 N–H and O–H groups in total. The molecule has 1 unspecified atom stereocenters. The lowest BCUT2D eigenvalue weighted by Gasteiger charge is -2.27. The summed E-state index contributed by atoms with van der Waals surface area (Å²) in [6.45, 7) is 1.46. The Labute approximate surface area is 118 Å². The van der Waals surface area contributed by atoms with Gasteiger partial charge in [-0.1, -0.05) is 0 Å². The van der Waals surface area contributed by atoms with Gasteiger partial charge < -0.3 is 10.4 Å². The van der Waals surface area contributed by atoms with Crippen LogP contribution in [0, 0.1) is 26.1 Å². The number of rotatable bonds is 6. The number of non-ortho nitro benzene ring substituents is 1. The lowest BCUT2D eigenvalue weighted by atomic mass is 9.95. The summed E-state index contributed by atoms with van der Waals surface area (Å²) in [5.41, 5.74) is -2.31. The molecule has 0 amide bonds. The number of aliphatic carboxylic acids is 1. The van der Waals surface area contributed by atoms with Gasteiger partial charge in [-0.05, 0) is 31.7 Å². The van der Waals surface area contributed by atoms with Gasteiger partial charge in [0.25, 0.3) is 11.4 Å². The maximum Gasteiger partial charge on any atom is 0.329 e. The van der Waals surface area contributed by atoms with E-state index in [1.54, 1.807) is 0 Å². The second kappa shape index (κ2) is 5.00. The fraction of sp³-hybridized carbons (Fsp3) is 0.417. The highest BCUT2D eigenvalue weighted by Crippen LogP contribution is 2.43. The monoisotopic (exact) mass is 295 g/mol. The van der Waals surface area contributed by atoms with Crippen molar-refractivity contribution in [2.75, 3.05) is 5.32 Å². The molecule has 21 heavy (non-hydrogen) atoms. The molecule has 1 aromatic carbocycles. The second-order valence-electron chi connectivity index (χ2n) is 5.12. The van der Waals surface area contributed by atoms with Gasteiger partial charge in [0, 0.05) is 6.07 Å². The Morgan fingerprint density at radius 3 is 2.38 bits per heavy atom. The van der Waals surface area contributed by atoms with Crippen molar-refractivity contribution >= 4 is 23.0 Å². The molecule has 0 radical (unpaired) electrons. The molecule has 0 heterocycles. The lowest BCUT2D eigenvalue weighted by molar-refractivity contribution is -0.393. The fourth-order valence-electron chi connectivity index (χ4n) is 2.16. The average Bonchev–Trinajstić information content (AvgIpc) is 3.22. The Hall–Kier alpha value is -2.71. The second-order valence-corrected chi connectivity index (χ2v) is 5.12. The van der Waals surface area contributed by atoms with Gasteiger partial charge >= 0.3 is 5.97 Å². The summed E-state index contributed by atoms with van der Waals surface area (Å²) in [6, 6.07) is 3.09. The molecule has 0 aromatic heterocycles. The van der Waals surface area contributed by atoms with Gasteiger partial charge in [0.1, 0.15) is 11.2 Å². The van der Waals surface area contributed by atoms with Crippen LogP contribution in [0.3, 0.4) is 0 Å². The maximum atomic E-state index is 11.4. The third-order valence-electron chi connectivity index (χ3n) is 3.62. The van der Waals surface area contributed by atoms with Crippen molar-refractivity contribution in [3.63, 3.8) is 0 Å². The van der Waals surface area contributed by atoms with Crippen LogP contribution in [-0.2, 0) is 4.79 Å². The number of benzene rings is 1. The fourth-order valence-corrected chi connectivity index (χ4v) is 2.16. The molecule has 1 saturated carbocycles. The number of hydrogen-bond acceptors (Lipinski definition) is 6. The molecule has 1 atom stereocenters. The van der Waals surface area contributed by atoms with Crippen LogP contribution in [0.4, 0.5) is 17.1 Å². The third-order valence-corrected chi connectivity index (χ3v) is 3.62. The molecule has 9 heteroatoms. The van der Waals surface area contributed by atoms with Gasteiger partial charge in [-0.25, -0.2) is 4.79 Å². The SMILES string of the molecule is CC(Nc1ccc([N+](=O)[O-])cc1[N+](=O)[O-])(C(=O)O)C1CC1. The standard InChI is InChI=1S/C12H13N3O6/c1-12(11(16)17,7-2-3-7)13-9-5-4-8(14(18)19)6-10(9)15(20)21/h4-7,13H,2-3H2,1H3,(H,16,17). The van der Waals surface area contributed by atoms with E-state index < -0.39 is 32.7 Å². The lowest BCUT2D eigenvalue weighted by Crippen LogP contribution is -2.45. The molecule has 1 aliphatic rings. The highest BCUT2D eigenvalue weighted by Gasteiger charge is 2.48. The number of nitrogens with zero attached hydrogens (tertiary/aromatic N) is 2. The minimum absolute atomic E-state index is 0.0394. The largest absolute Gasteiger partial charge is 0.480 e. The normalized spacial score (nSPS) is 16.8. The quantitative estimate of drug-likeness (QED) is 0.606. The van der Waals surface area contributed by atoms with E-state index in [0.717, 1.165) is 25.0 Å². The average molecular weight is 295 g/mol. The van der Waals surface area contributed by atoms with Crippen LogP contribution in [0.2, 0.25) is 0 Å². The molecule has 1 aliphatic carbocycles. The molecule has 2 rings (SSSR count). The first-order valence-electron chi connectivity index (χ1n) is 6.20. The van der Waals surface area contributed by atoms with Gasteiger partial charge in [-0.2, -0.15) is 0 Å². The van der Waals surface area contributed by atoms with E-state index in [4.69, 9.17) is 0 Å². The molecule has 0 aliphatic heterocycles. The van der Waals surface area contributed by atoms with E-state index in [2.05, 4.69) is 5.32 Å². The summed E-state index contributed by atoms with van der Waals surface area (Å²) in [7, 11) is 0. The Bertz CT molecular complexity index is 627. The van der Waals surface area contributed by atoms with Gasteiger partial charge in [-0.15, -0.1) is 0 Å². The first-order chi connectivity index (χ1) is 9.75. The van der Waals surface area contributed by atoms with Gasteiger partial charge in [0.2, 0.25) is 0 Å². The zero-order chi connectivity index (χ0) is 15.8. The smallest absolute Gasteiger partial charge is 0.329 e. The molecule has 0 spiro atoms. The number of anilines is 1. The summed E-state index contributed by atoms with van der Waals surface area (Å²) in [6.07, 6.45) is 1.44. The van der Waals surface area contributed by atoms with E-state index in [1.807, 2.05) is 0 Å². The minimum Gasteiger partial charge on any atom is -0.480 e. The molecule has 0 bridgehead atoms. The zero-order valence-corrected chi connectivity index (χ0v) is 11.1. The van der Waals surface area contributed by atoms with Crippen LogP contribution in [0.25, 0.3) is 0 Å². The number of nitro benzene ring substituents is 2. The van der Waals surface area contributed by atoms with Crippen LogP contribution in [0.1, 0.15) is 19.8 Å². The molecule has 0 saturated heterocycles.